The lowest BCUT2D eigenvalue weighted by Gasteiger charge is -2.10. The number of halogens is 1. The number of benzene rings is 1. The minimum atomic E-state index is 0.515. The Morgan fingerprint density at radius 2 is 2.05 bits per heavy atom. The molecule has 3 N–H and O–H groups in total. The zero-order valence-corrected chi connectivity index (χ0v) is 12.2. The molecule has 0 aliphatic heterocycles. The third-order valence-corrected chi connectivity index (χ3v) is 2.97. The molecule has 0 atom stereocenters. The summed E-state index contributed by atoms with van der Waals surface area (Å²) in [6.07, 6.45) is 3.74. The molecule has 0 bridgehead atoms. The maximum absolute atomic E-state index is 5.85. The van der Waals surface area contributed by atoms with Crippen molar-refractivity contribution in [3.63, 3.8) is 0 Å². The first-order valence-electron chi connectivity index (χ1n) is 6.60. The highest BCUT2D eigenvalue weighted by molar-refractivity contribution is 6.30. The molecule has 1 heterocycles. The summed E-state index contributed by atoms with van der Waals surface area (Å²) in [7, 11) is 0. The molecule has 2 aromatic rings. The van der Waals surface area contributed by atoms with Crippen LogP contribution in [0.25, 0.3) is 0 Å². The van der Waals surface area contributed by atoms with E-state index in [1.807, 2.05) is 24.3 Å². The van der Waals surface area contributed by atoms with E-state index < -0.39 is 0 Å². The molecule has 20 heavy (non-hydrogen) atoms. The summed E-state index contributed by atoms with van der Waals surface area (Å²) in [5, 5.41) is 3.66. The van der Waals surface area contributed by atoms with Crippen molar-refractivity contribution in [2.24, 2.45) is 0 Å². The van der Waals surface area contributed by atoms with Gasteiger partial charge in [-0.2, -0.15) is 0 Å². The SMILES string of the molecule is CCCCOc1ccc(Nc2ncc(Cl)cc2N)cc1. The summed E-state index contributed by atoms with van der Waals surface area (Å²) < 4.78 is 5.61. The summed E-state index contributed by atoms with van der Waals surface area (Å²) in [6, 6.07) is 9.36. The molecule has 0 amide bonds. The fourth-order valence-electron chi connectivity index (χ4n) is 1.66. The molecule has 0 radical (unpaired) electrons. The van der Waals surface area contributed by atoms with Crippen LogP contribution in [0.2, 0.25) is 5.02 Å². The average molecular weight is 292 g/mol. The number of pyridine rings is 1. The summed E-state index contributed by atoms with van der Waals surface area (Å²) in [6.45, 7) is 2.88. The molecule has 106 valence electrons. The van der Waals surface area contributed by atoms with E-state index in [9.17, 15) is 0 Å². The summed E-state index contributed by atoms with van der Waals surface area (Å²) in [4.78, 5) is 4.16. The number of anilines is 3. The van der Waals surface area contributed by atoms with Crippen molar-refractivity contribution in [2.45, 2.75) is 19.8 Å². The molecule has 4 nitrogen and oxygen atoms in total. The maximum atomic E-state index is 5.85. The van der Waals surface area contributed by atoms with Gasteiger partial charge in [-0.15, -0.1) is 0 Å². The Labute approximate surface area is 123 Å². The molecular weight excluding hydrogens is 274 g/mol. The lowest BCUT2D eigenvalue weighted by molar-refractivity contribution is 0.309. The van der Waals surface area contributed by atoms with Gasteiger partial charge >= 0.3 is 0 Å². The van der Waals surface area contributed by atoms with Crippen molar-refractivity contribution in [3.05, 3.63) is 41.6 Å². The Bertz CT molecular complexity index is 558. The first kappa shape index (κ1) is 14.5. The van der Waals surface area contributed by atoms with Crippen LogP contribution in [0.1, 0.15) is 19.8 Å². The van der Waals surface area contributed by atoms with E-state index in [2.05, 4.69) is 17.2 Å². The fourth-order valence-corrected chi connectivity index (χ4v) is 1.83. The second-order valence-corrected chi connectivity index (χ2v) is 4.88. The molecule has 0 unspecified atom stereocenters. The quantitative estimate of drug-likeness (QED) is 0.782. The number of unbranched alkanes of at least 4 members (excludes halogenated alkanes) is 1. The zero-order valence-electron chi connectivity index (χ0n) is 11.4. The van der Waals surface area contributed by atoms with E-state index in [0.717, 1.165) is 30.9 Å². The number of hydrogen-bond donors (Lipinski definition) is 2. The molecule has 5 heteroatoms. The van der Waals surface area contributed by atoms with Crippen LogP contribution >= 0.6 is 11.6 Å². The Hall–Kier alpha value is -1.94. The highest BCUT2D eigenvalue weighted by atomic mass is 35.5. The minimum Gasteiger partial charge on any atom is -0.494 e. The summed E-state index contributed by atoms with van der Waals surface area (Å²) in [5.41, 5.74) is 7.26. The third kappa shape index (κ3) is 4.03. The normalized spacial score (nSPS) is 10.3. The monoisotopic (exact) mass is 291 g/mol. The van der Waals surface area contributed by atoms with E-state index >= 15 is 0 Å². The molecule has 0 aliphatic rings. The van der Waals surface area contributed by atoms with Crippen molar-refractivity contribution in [3.8, 4) is 5.75 Å². The lowest BCUT2D eigenvalue weighted by Crippen LogP contribution is -1.99. The summed E-state index contributed by atoms with van der Waals surface area (Å²) >= 11 is 5.81. The van der Waals surface area contributed by atoms with E-state index in [4.69, 9.17) is 22.1 Å². The molecule has 0 saturated heterocycles. The van der Waals surface area contributed by atoms with Crippen LogP contribution in [0.4, 0.5) is 17.2 Å². The number of aromatic nitrogens is 1. The minimum absolute atomic E-state index is 0.515. The number of ether oxygens (including phenoxy) is 1. The molecule has 0 spiro atoms. The van der Waals surface area contributed by atoms with Crippen LogP contribution in [-0.4, -0.2) is 11.6 Å². The van der Waals surface area contributed by atoms with Crippen molar-refractivity contribution in [1.82, 2.24) is 4.98 Å². The van der Waals surface area contributed by atoms with Crippen molar-refractivity contribution in [2.75, 3.05) is 17.7 Å². The largest absolute Gasteiger partial charge is 0.494 e. The van der Waals surface area contributed by atoms with Crippen LogP contribution in [0.15, 0.2) is 36.5 Å². The fraction of sp³-hybridized carbons (Fsp3) is 0.267. The van der Waals surface area contributed by atoms with Gasteiger partial charge in [0.1, 0.15) is 5.75 Å². The lowest BCUT2D eigenvalue weighted by atomic mass is 10.3. The van der Waals surface area contributed by atoms with E-state index in [1.165, 1.54) is 0 Å². The first-order chi connectivity index (χ1) is 9.69. The van der Waals surface area contributed by atoms with Gasteiger partial charge in [-0.3, -0.25) is 0 Å². The van der Waals surface area contributed by atoms with E-state index in [0.29, 0.717) is 16.5 Å². The predicted octanol–water partition coefficient (Wildman–Crippen LogP) is 4.24. The van der Waals surface area contributed by atoms with E-state index in [1.54, 1.807) is 12.3 Å². The topological polar surface area (TPSA) is 60.2 Å². The Kier molecular flexibility index (Phi) is 5.07. The highest BCUT2D eigenvalue weighted by Crippen LogP contribution is 2.24. The van der Waals surface area contributed by atoms with Gasteiger partial charge in [0.05, 0.1) is 17.3 Å². The van der Waals surface area contributed by atoms with Gasteiger partial charge in [0.2, 0.25) is 0 Å². The average Bonchev–Trinajstić information content (AvgIpc) is 2.44. The van der Waals surface area contributed by atoms with Gasteiger partial charge in [-0.25, -0.2) is 4.98 Å². The molecule has 0 fully saturated rings. The van der Waals surface area contributed by atoms with Crippen LogP contribution < -0.4 is 15.8 Å². The molecule has 1 aromatic carbocycles. The number of nitrogens with one attached hydrogen (secondary N) is 1. The second kappa shape index (κ2) is 7.01. The molecule has 0 saturated carbocycles. The maximum Gasteiger partial charge on any atom is 0.153 e. The predicted molar refractivity (Wildman–Crippen MR) is 83.8 cm³/mol. The molecule has 1 aromatic heterocycles. The number of nitrogen functional groups attached to an aromatic ring is 1. The third-order valence-electron chi connectivity index (χ3n) is 2.77. The second-order valence-electron chi connectivity index (χ2n) is 4.44. The van der Waals surface area contributed by atoms with E-state index in [-0.39, 0.29) is 0 Å². The molecular formula is C15H18ClN3O. The van der Waals surface area contributed by atoms with Crippen molar-refractivity contribution < 1.29 is 4.74 Å². The Morgan fingerprint density at radius 3 is 2.70 bits per heavy atom. The Balaban J connectivity index is 1.99. The number of nitrogens with two attached hydrogens (primary N) is 1. The van der Waals surface area contributed by atoms with Crippen LogP contribution in [-0.2, 0) is 0 Å². The number of rotatable bonds is 6. The van der Waals surface area contributed by atoms with Crippen molar-refractivity contribution >= 4 is 28.8 Å². The smallest absolute Gasteiger partial charge is 0.153 e. The van der Waals surface area contributed by atoms with Crippen LogP contribution in [0.5, 0.6) is 5.75 Å². The van der Waals surface area contributed by atoms with Gasteiger partial charge in [0.15, 0.2) is 5.82 Å². The van der Waals surface area contributed by atoms with Gasteiger partial charge < -0.3 is 15.8 Å². The van der Waals surface area contributed by atoms with Gasteiger partial charge in [0.25, 0.3) is 0 Å². The van der Waals surface area contributed by atoms with Crippen LogP contribution in [0.3, 0.4) is 0 Å². The Morgan fingerprint density at radius 1 is 1.30 bits per heavy atom. The van der Waals surface area contributed by atoms with Crippen molar-refractivity contribution in [1.29, 1.82) is 0 Å². The molecule has 0 aliphatic carbocycles. The zero-order chi connectivity index (χ0) is 14.4. The number of hydrogen-bond acceptors (Lipinski definition) is 4. The summed E-state index contributed by atoms with van der Waals surface area (Å²) in [5.74, 6) is 1.45. The van der Waals surface area contributed by atoms with Crippen LogP contribution in [0, 0.1) is 0 Å². The first-order valence-corrected chi connectivity index (χ1v) is 6.97. The van der Waals surface area contributed by atoms with Gasteiger partial charge in [-0.1, -0.05) is 24.9 Å². The molecule has 2 rings (SSSR count). The number of nitrogens with zero attached hydrogens (tertiary/aromatic N) is 1. The van der Waals surface area contributed by atoms with Gasteiger partial charge in [0, 0.05) is 11.9 Å². The standard InChI is InChI=1S/C15H18ClN3O/c1-2-3-8-20-13-6-4-12(5-7-13)19-15-14(17)9-11(16)10-18-15/h4-7,9-10H,2-3,8,17H2,1H3,(H,18,19). The van der Waals surface area contributed by atoms with Gasteiger partial charge in [-0.05, 0) is 36.8 Å². The highest BCUT2D eigenvalue weighted by Gasteiger charge is 2.02.